The number of hydrogen-bond donors (Lipinski definition) is 0. The van der Waals surface area contributed by atoms with Gasteiger partial charge >= 0.3 is 0 Å². The summed E-state index contributed by atoms with van der Waals surface area (Å²) in [6, 6.07) is 45.5. The number of aromatic nitrogens is 1. The van der Waals surface area contributed by atoms with Crippen molar-refractivity contribution in [3.05, 3.63) is 161 Å². The largest absolute Gasteiger partial charge is 0.309 e. The molecule has 206 valence electrons. The highest BCUT2D eigenvalue weighted by Gasteiger charge is 2.21. The Morgan fingerprint density at radius 3 is 1.78 bits per heavy atom. The molecule has 0 amide bonds. The number of nitriles is 2. The first kappa shape index (κ1) is 26.9. The molecule has 7 aromatic rings. The lowest BCUT2D eigenvalue weighted by molar-refractivity contribution is 1.18. The van der Waals surface area contributed by atoms with E-state index in [0.29, 0.717) is 33.6 Å². The average molecular weight is 572 g/mol. The maximum atomic E-state index is 10.1. The van der Waals surface area contributed by atoms with Crippen LogP contribution in [0.2, 0.25) is 0 Å². The molecule has 1 heterocycles. The second-order valence-electron chi connectivity index (χ2n) is 10.5. The minimum absolute atomic E-state index is 0.417. The van der Waals surface area contributed by atoms with Crippen molar-refractivity contribution in [2.45, 2.75) is 0 Å². The molecule has 0 aliphatic carbocycles. The molecule has 0 atom stereocenters. The summed E-state index contributed by atoms with van der Waals surface area (Å²) in [5.74, 6) is 0. The Labute approximate surface area is 260 Å². The number of nitrogens with zero attached hydrogens (tertiary/aromatic N) is 5. The summed E-state index contributed by atoms with van der Waals surface area (Å²) < 4.78 is 2.16. The molecular formula is C40H21N5. The smallest absolute Gasteiger partial charge is 0.184 e. The van der Waals surface area contributed by atoms with Crippen molar-refractivity contribution in [1.82, 2.24) is 4.57 Å². The van der Waals surface area contributed by atoms with Gasteiger partial charge in [0.05, 0.1) is 47.4 Å². The zero-order valence-electron chi connectivity index (χ0n) is 23.9. The van der Waals surface area contributed by atoms with Gasteiger partial charge in [-0.1, -0.05) is 97.1 Å². The summed E-state index contributed by atoms with van der Waals surface area (Å²) in [6.45, 7) is 15.6. The van der Waals surface area contributed by atoms with Crippen molar-refractivity contribution in [1.29, 1.82) is 10.5 Å². The highest BCUT2D eigenvalue weighted by molar-refractivity contribution is 6.15. The molecule has 0 fully saturated rings. The fraction of sp³-hybridized carbons (Fsp3) is 0. The van der Waals surface area contributed by atoms with E-state index in [1.165, 1.54) is 0 Å². The van der Waals surface area contributed by atoms with Gasteiger partial charge in [0.15, 0.2) is 11.4 Å². The van der Waals surface area contributed by atoms with Gasteiger partial charge in [0, 0.05) is 27.6 Å². The Bertz CT molecular complexity index is 2390. The van der Waals surface area contributed by atoms with Crippen molar-refractivity contribution >= 4 is 33.2 Å². The predicted octanol–water partition coefficient (Wildman–Crippen LogP) is 10.6. The lowest BCUT2D eigenvalue weighted by atomic mass is 9.93. The van der Waals surface area contributed by atoms with Crippen molar-refractivity contribution in [2.24, 2.45) is 0 Å². The van der Waals surface area contributed by atoms with E-state index in [0.717, 1.165) is 49.7 Å². The average Bonchev–Trinajstić information content (AvgIpc) is 3.45. The first-order valence-corrected chi connectivity index (χ1v) is 14.2. The molecule has 5 nitrogen and oxygen atoms in total. The van der Waals surface area contributed by atoms with Gasteiger partial charge in [-0.3, -0.25) is 0 Å². The van der Waals surface area contributed by atoms with Crippen LogP contribution in [0.3, 0.4) is 0 Å². The lowest BCUT2D eigenvalue weighted by Gasteiger charge is -2.14. The Balaban J connectivity index is 1.60. The summed E-state index contributed by atoms with van der Waals surface area (Å²) in [5, 5.41) is 22.1. The Morgan fingerprint density at radius 2 is 1.13 bits per heavy atom. The molecule has 0 N–H and O–H groups in total. The molecule has 0 saturated heterocycles. The zero-order valence-corrected chi connectivity index (χ0v) is 23.9. The third-order valence-electron chi connectivity index (χ3n) is 8.15. The molecule has 0 saturated carbocycles. The number of hydrogen-bond acceptors (Lipinski definition) is 2. The highest BCUT2D eigenvalue weighted by Crippen LogP contribution is 2.44. The van der Waals surface area contributed by atoms with Gasteiger partial charge in [-0.25, -0.2) is 9.69 Å². The standard InChI is InChI=1S/C40H21N5/c1-43-35-15-8-16-36(44-2)39(35)28-19-22-32-33-13-7-14-34(38-29(24-41)11-6-12-30(38)25-42)40(33)45(37(32)23-28)31-20-17-27(18-21-31)26-9-4-3-5-10-26/h3-23H. The molecule has 1 aromatic heterocycles. The monoisotopic (exact) mass is 571 g/mol. The van der Waals surface area contributed by atoms with E-state index in [2.05, 4.69) is 62.8 Å². The molecule has 0 aliphatic heterocycles. The Kier molecular flexibility index (Phi) is 6.62. The topological polar surface area (TPSA) is 61.2 Å². The van der Waals surface area contributed by atoms with Crippen LogP contribution in [-0.4, -0.2) is 4.57 Å². The minimum atomic E-state index is 0.417. The van der Waals surface area contributed by atoms with Gasteiger partial charge in [-0.2, -0.15) is 10.5 Å². The van der Waals surface area contributed by atoms with E-state index >= 15 is 0 Å². The van der Waals surface area contributed by atoms with Crippen molar-refractivity contribution in [3.8, 4) is 51.2 Å². The van der Waals surface area contributed by atoms with E-state index in [-0.39, 0.29) is 0 Å². The second kappa shape index (κ2) is 11.1. The summed E-state index contributed by atoms with van der Waals surface area (Å²) >= 11 is 0. The molecular weight excluding hydrogens is 550 g/mol. The predicted molar refractivity (Wildman–Crippen MR) is 179 cm³/mol. The molecule has 0 radical (unpaired) electrons. The third-order valence-corrected chi connectivity index (χ3v) is 8.15. The first-order chi connectivity index (χ1) is 22.2. The van der Waals surface area contributed by atoms with Crippen LogP contribution >= 0.6 is 0 Å². The molecule has 5 heteroatoms. The molecule has 45 heavy (non-hydrogen) atoms. The van der Waals surface area contributed by atoms with Crippen LogP contribution in [0.5, 0.6) is 0 Å². The molecule has 6 aromatic carbocycles. The number of para-hydroxylation sites is 1. The summed E-state index contributed by atoms with van der Waals surface area (Å²) in [6.07, 6.45) is 0. The van der Waals surface area contributed by atoms with E-state index in [9.17, 15) is 10.5 Å². The van der Waals surface area contributed by atoms with Crippen LogP contribution in [0.4, 0.5) is 11.4 Å². The SMILES string of the molecule is [C-]#[N+]c1cccc([N+]#[C-])c1-c1ccc2c3cccc(-c4c(C#N)cccc4C#N)c3n(-c3ccc(-c4ccccc4)cc3)c2c1. The van der Waals surface area contributed by atoms with Gasteiger partial charge in [0.25, 0.3) is 0 Å². The van der Waals surface area contributed by atoms with Crippen LogP contribution in [0.1, 0.15) is 11.1 Å². The fourth-order valence-corrected chi connectivity index (χ4v) is 6.16. The highest BCUT2D eigenvalue weighted by atomic mass is 15.0. The van der Waals surface area contributed by atoms with Crippen LogP contribution in [0.15, 0.2) is 127 Å². The molecule has 0 spiro atoms. The quantitative estimate of drug-likeness (QED) is 0.197. The molecule has 0 aliphatic rings. The van der Waals surface area contributed by atoms with E-state index in [1.807, 2.05) is 54.6 Å². The number of rotatable bonds is 4. The van der Waals surface area contributed by atoms with Gasteiger partial charge in [0.1, 0.15) is 0 Å². The van der Waals surface area contributed by atoms with Crippen molar-refractivity contribution < 1.29 is 0 Å². The van der Waals surface area contributed by atoms with E-state index < -0.39 is 0 Å². The Morgan fingerprint density at radius 1 is 0.533 bits per heavy atom. The normalized spacial score (nSPS) is 10.6. The summed E-state index contributed by atoms with van der Waals surface area (Å²) in [7, 11) is 0. The minimum Gasteiger partial charge on any atom is -0.309 e. The second-order valence-corrected chi connectivity index (χ2v) is 10.5. The van der Waals surface area contributed by atoms with E-state index in [1.54, 1.807) is 36.4 Å². The van der Waals surface area contributed by atoms with Crippen LogP contribution in [0, 0.1) is 35.8 Å². The third kappa shape index (κ3) is 4.38. The first-order valence-electron chi connectivity index (χ1n) is 14.2. The molecule has 0 bridgehead atoms. The maximum Gasteiger partial charge on any atom is 0.184 e. The summed E-state index contributed by atoms with van der Waals surface area (Å²) in [5.41, 5.74) is 9.24. The summed E-state index contributed by atoms with van der Waals surface area (Å²) in [4.78, 5) is 7.46. The van der Waals surface area contributed by atoms with Gasteiger partial charge in [0.2, 0.25) is 0 Å². The van der Waals surface area contributed by atoms with E-state index in [4.69, 9.17) is 13.1 Å². The number of benzene rings is 6. The maximum absolute atomic E-state index is 10.1. The fourth-order valence-electron chi connectivity index (χ4n) is 6.16. The lowest BCUT2D eigenvalue weighted by Crippen LogP contribution is -1.98. The van der Waals surface area contributed by atoms with Crippen molar-refractivity contribution in [2.75, 3.05) is 0 Å². The van der Waals surface area contributed by atoms with Crippen LogP contribution in [-0.2, 0) is 0 Å². The Hall–Kier alpha value is -6.92. The van der Waals surface area contributed by atoms with Gasteiger partial charge in [-0.05, 0) is 52.6 Å². The van der Waals surface area contributed by atoms with Crippen molar-refractivity contribution in [3.63, 3.8) is 0 Å². The number of fused-ring (bicyclic) bond motifs is 3. The molecule has 0 unspecified atom stereocenters. The van der Waals surface area contributed by atoms with Gasteiger partial charge < -0.3 is 4.57 Å². The van der Waals surface area contributed by atoms with Gasteiger partial charge in [-0.15, -0.1) is 0 Å². The molecule has 7 rings (SSSR count). The van der Waals surface area contributed by atoms with Crippen LogP contribution in [0.25, 0.3) is 70.6 Å². The van der Waals surface area contributed by atoms with Crippen LogP contribution < -0.4 is 0 Å². The zero-order chi connectivity index (χ0) is 30.9.